The Labute approximate surface area is 104 Å². The molecule has 3 rings (SSSR count). The first-order valence-corrected chi connectivity index (χ1v) is 7.54. The molecule has 0 aromatic heterocycles. The van der Waals surface area contributed by atoms with Crippen molar-refractivity contribution >= 4 is 0 Å². The summed E-state index contributed by atoms with van der Waals surface area (Å²) in [5.74, 6) is 1.50. The molecular formula is C15H26O2. The van der Waals surface area contributed by atoms with Crippen molar-refractivity contribution in [3.05, 3.63) is 0 Å². The van der Waals surface area contributed by atoms with Gasteiger partial charge in [-0.3, -0.25) is 0 Å². The highest BCUT2D eigenvalue weighted by Crippen LogP contribution is 2.59. The largest absolute Gasteiger partial charge is 0.366 e. The van der Waals surface area contributed by atoms with Gasteiger partial charge < -0.3 is 10.2 Å². The molecule has 0 bridgehead atoms. The van der Waals surface area contributed by atoms with Crippen LogP contribution in [-0.4, -0.2) is 16.0 Å². The second kappa shape index (κ2) is 4.24. The van der Waals surface area contributed by atoms with Crippen LogP contribution in [0.1, 0.15) is 58.3 Å². The number of fused-ring (bicyclic) bond motifs is 3. The van der Waals surface area contributed by atoms with Crippen LogP contribution in [0.2, 0.25) is 0 Å². The predicted molar refractivity (Wildman–Crippen MR) is 67.2 cm³/mol. The van der Waals surface area contributed by atoms with Gasteiger partial charge in [0, 0.05) is 5.92 Å². The molecule has 17 heavy (non-hydrogen) atoms. The maximum atomic E-state index is 10.2. The van der Waals surface area contributed by atoms with Crippen molar-refractivity contribution in [1.29, 1.82) is 0 Å². The Morgan fingerprint density at radius 3 is 1.41 bits per heavy atom. The zero-order chi connectivity index (χ0) is 12.0. The molecule has 3 fully saturated rings. The van der Waals surface area contributed by atoms with E-state index in [-0.39, 0.29) is 5.92 Å². The zero-order valence-electron chi connectivity index (χ0n) is 10.9. The molecule has 0 radical (unpaired) electrons. The third-order valence-electron chi connectivity index (χ3n) is 5.85. The minimum Gasteiger partial charge on any atom is -0.366 e. The molecule has 0 saturated heterocycles. The van der Waals surface area contributed by atoms with Gasteiger partial charge in [0.1, 0.15) is 0 Å². The highest BCUT2D eigenvalue weighted by molar-refractivity contribution is 5.02. The lowest BCUT2D eigenvalue weighted by Crippen LogP contribution is -2.41. The normalized spacial score (nSPS) is 46.4. The van der Waals surface area contributed by atoms with Crippen LogP contribution in [0.4, 0.5) is 0 Å². The Hall–Kier alpha value is -0.0800. The van der Waals surface area contributed by atoms with Crippen LogP contribution < -0.4 is 0 Å². The van der Waals surface area contributed by atoms with Crippen LogP contribution in [-0.2, 0) is 0 Å². The van der Waals surface area contributed by atoms with Crippen LogP contribution >= 0.6 is 0 Å². The summed E-state index contributed by atoms with van der Waals surface area (Å²) in [6.07, 6.45) is 10.5. The molecular weight excluding hydrogens is 212 g/mol. The van der Waals surface area contributed by atoms with E-state index in [2.05, 4.69) is 0 Å². The first-order chi connectivity index (χ1) is 8.09. The van der Waals surface area contributed by atoms with Gasteiger partial charge in [-0.1, -0.05) is 25.7 Å². The first kappa shape index (κ1) is 12.0. The Balaban J connectivity index is 1.90. The van der Waals surface area contributed by atoms with Crippen LogP contribution in [0.5, 0.6) is 0 Å². The van der Waals surface area contributed by atoms with Crippen molar-refractivity contribution < 1.29 is 10.2 Å². The molecule has 0 aromatic carbocycles. The van der Waals surface area contributed by atoms with Crippen molar-refractivity contribution in [3.63, 3.8) is 0 Å². The molecule has 0 heterocycles. The van der Waals surface area contributed by atoms with Crippen molar-refractivity contribution in [2.75, 3.05) is 0 Å². The van der Waals surface area contributed by atoms with Crippen LogP contribution in [0.3, 0.4) is 0 Å². The maximum Gasteiger partial charge on any atom is 0.163 e. The van der Waals surface area contributed by atoms with Gasteiger partial charge in [0.25, 0.3) is 0 Å². The lowest BCUT2D eigenvalue weighted by molar-refractivity contribution is -0.208. The lowest BCUT2D eigenvalue weighted by Gasteiger charge is -2.37. The molecule has 0 aromatic rings. The van der Waals surface area contributed by atoms with Crippen molar-refractivity contribution in [2.45, 2.75) is 64.1 Å². The number of rotatable bonds is 1. The van der Waals surface area contributed by atoms with Gasteiger partial charge in [-0.2, -0.15) is 0 Å². The molecule has 3 aliphatic carbocycles. The number of hydrogen-bond acceptors (Lipinski definition) is 2. The molecule has 0 amide bonds. The minimum absolute atomic E-state index is 0.151. The van der Waals surface area contributed by atoms with E-state index in [0.29, 0.717) is 11.8 Å². The maximum absolute atomic E-state index is 10.2. The monoisotopic (exact) mass is 238 g/mol. The second-order valence-corrected chi connectivity index (χ2v) is 6.84. The first-order valence-electron chi connectivity index (χ1n) is 7.54. The van der Waals surface area contributed by atoms with E-state index >= 15 is 0 Å². The summed E-state index contributed by atoms with van der Waals surface area (Å²) in [5.41, 5.74) is 0. The molecule has 4 atom stereocenters. The Morgan fingerprint density at radius 2 is 1.06 bits per heavy atom. The summed E-state index contributed by atoms with van der Waals surface area (Å²) >= 11 is 0. The van der Waals surface area contributed by atoms with Crippen molar-refractivity contribution in [3.8, 4) is 0 Å². The Kier molecular flexibility index (Phi) is 2.99. The summed E-state index contributed by atoms with van der Waals surface area (Å²) in [6.45, 7) is 1.63. The Bertz CT molecular complexity index is 259. The molecule has 4 unspecified atom stereocenters. The van der Waals surface area contributed by atoms with Gasteiger partial charge in [0.15, 0.2) is 5.79 Å². The highest BCUT2D eigenvalue weighted by atomic mass is 16.5. The van der Waals surface area contributed by atoms with Crippen LogP contribution in [0.15, 0.2) is 0 Å². The minimum atomic E-state index is -1.45. The lowest BCUT2D eigenvalue weighted by atomic mass is 9.73. The molecule has 2 heteroatoms. The summed E-state index contributed by atoms with van der Waals surface area (Å²) < 4.78 is 0. The molecule has 3 aliphatic rings. The van der Waals surface area contributed by atoms with Gasteiger partial charge in [0.05, 0.1) is 0 Å². The van der Waals surface area contributed by atoms with Crippen LogP contribution in [0.25, 0.3) is 0 Å². The summed E-state index contributed by atoms with van der Waals surface area (Å²) in [6, 6.07) is 0. The summed E-state index contributed by atoms with van der Waals surface area (Å²) in [5, 5.41) is 20.3. The van der Waals surface area contributed by atoms with Gasteiger partial charge in [-0.15, -0.1) is 0 Å². The third-order valence-corrected chi connectivity index (χ3v) is 5.85. The molecule has 0 aliphatic heterocycles. The third kappa shape index (κ3) is 1.94. The fraction of sp³-hybridized carbons (Fsp3) is 1.00. The van der Waals surface area contributed by atoms with Gasteiger partial charge in [0.2, 0.25) is 0 Å². The van der Waals surface area contributed by atoms with E-state index in [0.717, 1.165) is 11.8 Å². The standard InChI is InChI=1S/C15H26O2/c1-15(16,17)14-12-8-4-2-6-10(12)11-7-3-5-9-13(11)14/h10-14,16-17H,2-9H2,1H3. The SMILES string of the molecule is CC(O)(O)C1C2CCCCC2C2CCCCC21. The summed E-state index contributed by atoms with van der Waals surface area (Å²) in [4.78, 5) is 0. The van der Waals surface area contributed by atoms with E-state index < -0.39 is 5.79 Å². The van der Waals surface area contributed by atoms with E-state index in [9.17, 15) is 10.2 Å². The average Bonchev–Trinajstić information content (AvgIpc) is 2.63. The molecule has 2 N–H and O–H groups in total. The Morgan fingerprint density at radius 1 is 0.706 bits per heavy atom. The zero-order valence-corrected chi connectivity index (χ0v) is 10.9. The quantitative estimate of drug-likeness (QED) is 0.690. The van der Waals surface area contributed by atoms with Crippen molar-refractivity contribution in [2.24, 2.45) is 29.6 Å². The second-order valence-electron chi connectivity index (χ2n) is 6.84. The molecule has 0 spiro atoms. The number of aliphatic hydroxyl groups is 2. The molecule has 3 saturated carbocycles. The fourth-order valence-electron chi connectivity index (χ4n) is 5.46. The number of hydrogen-bond donors (Lipinski definition) is 2. The fourth-order valence-corrected chi connectivity index (χ4v) is 5.46. The molecule has 2 nitrogen and oxygen atoms in total. The van der Waals surface area contributed by atoms with E-state index in [4.69, 9.17) is 0 Å². The van der Waals surface area contributed by atoms with Gasteiger partial charge >= 0.3 is 0 Å². The van der Waals surface area contributed by atoms with Gasteiger partial charge in [-0.05, 0) is 56.3 Å². The summed E-state index contributed by atoms with van der Waals surface area (Å²) in [7, 11) is 0. The topological polar surface area (TPSA) is 40.5 Å². The van der Waals surface area contributed by atoms with E-state index in [1.165, 1.54) is 51.4 Å². The van der Waals surface area contributed by atoms with E-state index in [1.807, 2.05) is 0 Å². The van der Waals surface area contributed by atoms with Gasteiger partial charge in [-0.25, -0.2) is 0 Å². The smallest absolute Gasteiger partial charge is 0.163 e. The van der Waals surface area contributed by atoms with E-state index in [1.54, 1.807) is 6.92 Å². The average molecular weight is 238 g/mol. The predicted octanol–water partition coefficient (Wildman–Crippen LogP) is 2.93. The van der Waals surface area contributed by atoms with Crippen molar-refractivity contribution in [1.82, 2.24) is 0 Å². The molecule has 98 valence electrons. The highest BCUT2D eigenvalue weighted by Gasteiger charge is 2.56. The van der Waals surface area contributed by atoms with Crippen LogP contribution in [0, 0.1) is 29.6 Å².